The van der Waals surface area contributed by atoms with E-state index >= 15 is 0 Å². The molecule has 0 saturated heterocycles. The van der Waals surface area contributed by atoms with Crippen LogP contribution in [0.1, 0.15) is 0 Å². The molecule has 3 heterocycles. The molecule has 0 amide bonds. The van der Waals surface area contributed by atoms with Crippen LogP contribution in [-0.2, 0) is 0 Å². The van der Waals surface area contributed by atoms with Gasteiger partial charge in [0, 0.05) is 30.7 Å². The molecular weight excluding hydrogens is 288 g/mol. The Balaban J connectivity index is 1.78. The molecule has 2 N–H and O–H groups in total. The van der Waals surface area contributed by atoms with Gasteiger partial charge < -0.3 is 5.32 Å². The Morgan fingerprint density at radius 1 is 0.913 bits per heavy atom. The van der Waals surface area contributed by atoms with Crippen molar-refractivity contribution in [3.8, 4) is 22.5 Å². The zero-order valence-corrected chi connectivity index (χ0v) is 12.5. The summed E-state index contributed by atoms with van der Waals surface area (Å²) in [7, 11) is 1.88. The highest BCUT2D eigenvalue weighted by molar-refractivity contribution is 5.82. The number of aromatic nitrogens is 5. The number of hydrogen-bond donors (Lipinski definition) is 2. The molecule has 6 heteroatoms. The van der Waals surface area contributed by atoms with Gasteiger partial charge >= 0.3 is 0 Å². The highest BCUT2D eigenvalue weighted by Crippen LogP contribution is 2.24. The molecule has 0 spiro atoms. The van der Waals surface area contributed by atoms with Crippen LogP contribution in [0.25, 0.3) is 33.5 Å². The first kappa shape index (κ1) is 13.4. The third kappa shape index (κ3) is 2.50. The first-order chi connectivity index (χ1) is 11.3. The van der Waals surface area contributed by atoms with Crippen LogP contribution in [0.2, 0.25) is 0 Å². The van der Waals surface area contributed by atoms with Crippen LogP contribution in [0.4, 0.5) is 5.69 Å². The van der Waals surface area contributed by atoms with Gasteiger partial charge in [0.15, 0.2) is 0 Å². The van der Waals surface area contributed by atoms with Crippen molar-refractivity contribution >= 4 is 16.7 Å². The van der Waals surface area contributed by atoms with Crippen molar-refractivity contribution < 1.29 is 0 Å². The van der Waals surface area contributed by atoms with Gasteiger partial charge in [0.05, 0.1) is 29.1 Å². The predicted molar refractivity (Wildman–Crippen MR) is 89.9 cm³/mol. The molecule has 0 saturated carbocycles. The van der Waals surface area contributed by atoms with Crippen LogP contribution in [-0.4, -0.2) is 32.2 Å². The Hall–Kier alpha value is -3.28. The molecule has 4 aromatic rings. The Bertz CT molecular complexity index is 962. The molecule has 0 aliphatic carbocycles. The molecule has 0 fully saturated rings. The number of pyridine rings is 1. The maximum atomic E-state index is 4.67. The quantitative estimate of drug-likeness (QED) is 0.608. The lowest BCUT2D eigenvalue weighted by atomic mass is 10.1. The summed E-state index contributed by atoms with van der Waals surface area (Å²) in [6.45, 7) is 0. The first-order valence-electron chi connectivity index (χ1n) is 7.23. The Kier molecular flexibility index (Phi) is 3.20. The van der Waals surface area contributed by atoms with Crippen LogP contribution in [0.3, 0.4) is 0 Å². The lowest BCUT2D eigenvalue weighted by Gasteiger charge is -2.05. The largest absolute Gasteiger partial charge is 0.388 e. The van der Waals surface area contributed by atoms with Crippen molar-refractivity contribution in [2.75, 3.05) is 12.4 Å². The van der Waals surface area contributed by atoms with Gasteiger partial charge in [-0.2, -0.15) is 5.10 Å². The van der Waals surface area contributed by atoms with Gasteiger partial charge in [-0.05, 0) is 29.8 Å². The third-order valence-electron chi connectivity index (χ3n) is 3.68. The molecule has 0 aliphatic heterocycles. The lowest BCUT2D eigenvalue weighted by Crippen LogP contribution is -1.93. The second-order valence-electron chi connectivity index (χ2n) is 5.13. The van der Waals surface area contributed by atoms with Gasteiger partial charge in [-0.1, -0.05) is 6.07 Å². The van der Waals surface area contributed by atoms with Gasteiger partial charge in [-0.3, -0.25) is 15.1 Å². The lowest BCUT2D eigenvalue weighted by molar-refractivity contribution is 1.09. The third-order valence-corrected chi connectivity index (χ3v) is 3.68. The maximum absolute atomic E-state index is 4.67. The topological polar surface area (TPSA) is 79.4 Å². The number of aromatic amines is 1. The Labute approximate surface area is 132 Å². The van der Waals surface area contributed by atoms with E-state index in [0.717, 1.165) is 39.2 Å². The van der Waals surface area contributed by atoms with E-state index in [2.05, 4.69) is 30.5 Å². The minimum Gasteiger partial charge on any atom is -0.388 e. The van der Waals surface area contributed by atoms with Gasteiger partial charge in [0.25, 0.3) is 0 Å². The second kappa shape index (κ2) is 5.49. The van der Waals surface area contributed by atoms with E-state index in [-0.39, 0.29) is 0 Å². The molecule has 0 unspecified atom stereocenters. The second-order valence-corrected chi connectivity index (χ2v) is 5.13. The SMILES string of the molecule is CNc1ccnc(-c2cnc3cc(-c4cn[nH]c4)ccc3n2)c1. The van der Waals surface area contributed by atoms with Gasteiger partial charge in [-0.25, -0.2) is 4.98 Å². The maximum Gasteiger partial charge on any atom is 0.108 e. The summed E-state index contributed by atoms with van der Waals surface area (Å²) >= 11 is 0. The number of nitrogens with one attached hydrogen (secondary N) is 2. The van der Waals surface area contributed by atoms with Crippen molar-refractivity contribution in [2.45, 2.75) is 0 Å². The molecule has 1 aromatic carbocycles. The van der Waals surface area contributed by atoms with Gasteiger partial charge in [0.2, 0.25) is 0 Å². The van der Waals surface area contributed by atoms with Crippen molar-refractivity contribution in [1.82, 2.24) is 25.1 Å². The van der Waals surface area contributed by atoms with E-state index in [9.17, 15) is 0 Å². The summed E-state index contributed by atoms with van der Waals surface area (Å²) in [5.74, 6) is 0. The zero-order chi connectivity index (χ0) is 15.6. The van der Waals surface area contributed by atoms with Crippen LogP contribution in [0, 0.1) is 0 Å². The van der Waals surface area contributed by atoms with Crippen LogP contribution in [0.5, 0.6) is 0 Å². The van der Waals surface area contributed by atoms with E-state index in [1.54, 1.807) is 18.6 Å². The molecule has 0 atom stereocenters. The number of hydrogen-bond acceptors (Lipinski definition) is 5. The zero-order valence-electron chi connectivity index (χ0n) is 12.5. The van der Waals surface area contributed by atoms with Crippen molar-refractivity contribution in [3.05, 3.63) is 55.1 Å². The van der Waals surface area contributed by atoms with Crippen molar-refractivity contribution in [1.29, 1.82) is 0 Å². The summed E-state index contributed by atoms with van der Waals surface area (Å²) in [6.07, 6.45) is 7.16. The van der Waals surface area contributed by atoms with E-state index < -0.39 is 0 Å². The normalized spacial score (nSPS) is 10.8. The molecular formula is C17H14N6. The molecule has 4 rings (SSSR count). The summed E-state index contributed by atoms with van der Waals surface area (Å²) in [5.41, 5.74) is 6.32. The van der Waals surface area contributed by atoms with Crippen LogP contribution >= 0.6 is 0 Å². The average Bonchev–Trinajstić information content (AvgIpc) is 3.15. The van der Waals surface area contributed by atoms with Crippen LogP contribution < -0.4 is 5.32 Å². The minimum atomic E-state index is 0.755. The number of rotatable bonds is 3. The minimum absolute atomic E-state index is 0.755. The monoisotopic (exact) mass is 302 g/mol. The smallest absolute Gasteiger partial charge is 0.108 e. The van der Waals surface area contributed by atoms with Gasteiger partial charge in [0.1, 0.15) is 5.69 Å². The number of H-pyrrole nitrogens is 1. The molecule has 6 nitrogen and oxygen atoms in total. The first-order valence-corrected chi connectivity index (χ1v) is 7.23. The predicted octanol–water partition coefficient (Wildman–Crippen LogP) is 3.12. The molecule has 112 valence electrons. The fraction of sp³-hybridized carbons (Fsp3) is 0.0588. The summed E-state index contributed by atoms with van der Waals surface area (Å²) < 4.78 is 0. The van der Waals surface area contributed by atoms with E-state index in [4.69, 9.17) is 0 Å². The van der Waals surface area contributed by atoms with Gasteiger partial charge in [-0.15, -0.1) is 0 Å². The molecule has 0 aliphatic rings. The summed E-state index contributed by atoms with van der Waals surface area (Å²) in [6, 6.07) is 9.86. The number of anilines is 1. The average molecular weight is 302 g/mol. The number of nitrogens with zero attached hydrogens (tertiary/aromatic N) is 4. The molecule has 0 bridgehead atoms. The highest BCUT2D eigenvalue weighted by atomic mass is 15.1. The fourth-order valence-corrected chi connectivity index (χ4v) is 2.45. The van der Waals surface area contributed by atoms with E-state index in [1.165, 1.54) is 0 Å². The van der Waals surface area contributed by atoms with Crippen molar-refractivity contribution in [2.24, 2.45) is 0 Å². The van der Waals surface area contributed by atoms with E-state index in [1.807, 2.05) is 43.6 Å². The summed E-state index contributed by atoms with van der Waals surface area (Å²) in [4.78, 5) is 13.6. The standard InChI is InChI=1S/C17H14N6/c1-18-13-4-5-19-16(7-13)17-10-20-15-6-11(2-3-14(15)23-17)12-8-21-22-9-12/h2-10H,1H3,(H,18,19)(H,21,22). The molecule has 23 heavy (non-hydrogen) atoms. The molecule has 3 aromatic heterocycles. The number of fused-ring (bicyclic) bond motifs is 1. The molecule has 0 radical (unpaired) electrons. The Morgan fingerprint density at radius 2 is 1.87 bits per heavy atom. The fourth-order valence-electron chi connectivity index (χ4n) is 2.45. The Morgan fingerprint density at radius 3 is 2.70 bits per heavy atom. The van der Waals surface area contributed by atoms with E-state index in [0.29, 0.717) is 0 Å². The van der Waals surface area contributed by atoms with Crippen molar-refractivity contribution in [3.63, 3.8) is 0 Å². The summed E-state index contributed by atoms with van der Waals surface area (Å²) in [5, 5.41) is 9.89. The van der Waals surface area contributed by atoms with Crippen LogP contribution in [0.15, 0.2) is 55.1 Å². The highest BCUT2D eigenvalue weighted by Gasteiger charge is 2.07. The number of benzene rings is 1.